The number of fused-ring (bicyclic) bond motifs is 15. The van der Waals surface area contributed by atoms with Crippen LogP contribution in [0.4, 0.5) is 0 Å². The predicted octanol–water partition coefficient (Wildman–Crippen LogP) is 14.1. The number of rotatable bonds is 3. The Morgan fingerprint density at radius 3 is 0.911 bits per heavy atom. The van der Waals surface area contributed by atoms with Crippen molar-refractivity contribution in [3.05, 3.63) is 188 Å². The molecule has 0 atom stereocenters. The normalized spacial score (nSPS) is 11.9. The van der Waals surface area contributed by atoms with Gasteiger partial charge in [0, 0.05) is 16.7 Å². The summed E-state index contributed by atoms with van der Waals surface area (Å²) >= 11 is 0. The Kier molecular flexibility index (Phi) is 6.63. The molecule has 0 saturated carbocycles. The molecule has 1 heterocycles. The first-order valence-electron chi connectivity index (χ1n) is 19.1. The highest BCUT2D eigenvalue weighted by Crippen LogP contribution is 2.39. The first kappa shape index (κ1) is 30.9. The van der Waals surface area contributed by atoms with Crippen molar-refractivity contribution in [3.63, 3.8) is 0 Å². The van der Waals surface area contributed by atoms with Gasteiger partial charge in [-0.3, -0.25) is 0 Å². The van der Waals surface area contributed by atoms with Gasteiger partial charge in [-0.25, -0.2) is 15.0 Å². The van der Waals surface area contributed by atoms with E-state index in [9.17, 15) is 0 Å². The van der Waals surface area contributed by atoms with E-state index in [1.54, 1.807) is 0 Å². The average molecular weight is 710 g/mol. The number of hydrogen-bond donors (Lipinski definition) is 0. The highest BCUT2D eigenvalue weighted by atomic mass is 15.0. The zero-order valence-corrected chi connectivity index (χ0v) is 30.2. The van der Waals surface area contributed by atoms with Crippen LogP contribution in [-0.2, 0) is 0 Å². The predicted molar refractivity (Wildman–Crippen MR) is 236 cm³/mol. The van der Waals surface area contributed by atoms with E-state index >= 15 is 0 Å². The molecule has 0 saturated heterocycles. The number of nitrogens with zero attached hydrogens (tertiary/aromatic N) is 3. The maximum atomic E-state index is 5.28. The van der Waals surface area contributed by atoms with Gasteiger partial charge in [-0.05, 0) is 104 Å². The highest BCUT2D eigenvalue weighted by Gasteiger charge is 2.17. The van der Waals surface area contributed by atoms with Gasteiger partial charge >= 0.3 is 0 Å². The largest absolute Gasteiger partial charge is 0.208 e. The third kappa shape index (κ3) is 4.68. The SMILES string of the molecule is c1ccc2c(c1)ccc1cc(-c3nc(-c4ccc5c6ccccc6c6ccccc6c5c4)nc(-c4ccc5c6ccccc6c6ccccc6c5c4)n3)ccc12. The zero-order valence-electron chi connectivity index (χ0n) is 30.2. The summed E-state index contributed by atoms with van der Waals surface area (Å²) in [5.41, 5.74) is 2.85. The lowest BCUT2D eigenvalue weighted by molar-refractivity contribution is 1.08. The van der Waals surface area contributed by atoms with Gasteiger partial charge in [0.2, 0.25) is 0 Å². The van der Waals surface area contributed by atoms with Gasteiger partial charge in [0.15, 0.2) is 17.5 Å². The van der Waals surface area contributed by atoms with Crippen LogP contribution in [0.3, 0.4) is 0 Å². The van der Waals surface area contributed by atoms with Gasteiger partial charge in [-0.2, -0.15) is 0 Å². The van der Waals surface area contributed by atoms with E-state index in [1.807, 2.05) is 0 Å². The molecular weight excluding hydrogens is 679 g/mol. The van der Waals surface area contributed by atoms with Crippen LogP contribution in [0.2, 0.25) is 0 Å². The minimum atomic E-state index is 0.645. The second-order valence-corrected chi connectivity index (χ2v) is 14.7. The molecule has 0 aliphatic heterocycles. The summed E-state index contributed by atoms with van der Waals surface area (Å²) in [4.78, 5) is 15.8. The van der Waals surface area contributed by atoms with Crippen LogP contribution in [0, 0.1) is 0 Å². The topological polar surface area (TPSA) is 38.7 Å². The van der Waals surface area contributed by atoms with E-state index < -0.39 is 0 Å². The van der Waals surface area contributed by atoms with Crippen molar-refractivity contribution >= 4 is 86.2 Å². The fraction of sp³-hybridized carbons (Fsp3) is 0. The van der Waals surface area contributed by atoms with Crippen molar-refractivity contribution in [1.29, 1.82) is 0 Å². The first-order valence-corrected chi connectivity index (χ1v) is 19.1. The Morgan fingerprint density at radius 2 is 0.482 bits per heavy atom. The summed E-state index contributed by atoms with van der Waals surface area (Å²) in [6, 6.07) is 67.6. The average Bonchev–Trinajstić information content (AvgIpc) is 3.28. The Bertz CT molecular complexity index is 3360. The third-order valence-corrected chi connectivity index (χ3v) is 11.6. The minimum Gasteiger partial charge on any atom is -0.208 e. The van der Waals surface area contributed by atoms with Gasteiger partial charge in [0.05, 0.1) is 0 Å². The van der Waals surface area contributed by atoms with Crippen LogP contribution in [0.1, 0.15) is 0 Å². The van der Waals surface area contributed by atoms with Crippen molar-refractivity contribution in [1.82, 2.24) is 15.0 Å². The van der Waals surface area contributed by atoms with Crippen LogP contribution >= 0.6 is 0 Å². The lowest BCUT2D eigenvalue weighted by Gasteiger charge is -2.14. The standard InChI is InChI=1S/C53H31N3/c1-2-12-37-32(11-1)21-22-33-29-34(23-26-38(33)37)51-54-52(35-24-27-47-43-17-5-3-13-39(43)41-15-7-9-19-45(41)49(47)30-35)56-53(55-51)36-25-28-48-44-18-6-4-14-40(44)42-16-8-10-20-46(42)50(48)31-36/h1-31H. The number of aromatic nitrogens is 3. The zero-order chi connectivity index (χ0) is 36.7. The summed E-state index contributed by atoms with van der Waals surface area (Å²) in [5, 5.41) is 19.5. The first-order chi connectivity index (χ1) is 27.7. The molecule has 11 aromatic carbocycles. The van der Waals surface area contributed by atoms with E-state index in [2.05, 4.69) is 188 Å². The molecule has 12 aromatic rings. The Hall–Kier alpha value is -7.49. The van der Waals surface area contributed by atoms with E-state index in [0.717, 1.165) is 22.1 Å². The molecule has 0 amide bonds. The van der Waals surface area contributed by atoms with E-state index in [0.29, 0.717) is 17.5 Å². The van der Waals surface area contributed by atoms with Crippen molar-refractivity contribution in [2.45, 2.75) is 0 Å². The second kappa shape index (κ2) is 12.0. The van der Waals surface area contributed by atoms with Gasteiger partial charge < -0.3 is 0 Å². The number of hydrogen-bond acceptors (Lipinski definition) is 3. The maximum absolute atomic E-state index is 5.28. The van der Waals surface area contributed by atoms with Gasteiger partial charge in [0.1, 0.15) is 0 Å². The Balaban J connectivity index is 1.11. The Labute approximate surface area is 322 Å². The molecule has 12 rings (SSSR count). The summed E-state index contributed by atoms with van der Waals surface area (Å²) < 4.78 is 0. The maximum Gasteiger partial charge on any atom is 0.164 e. The van der Waals surface area contributed by atoms with Crippen LogP contribution < -0.4 is 0 Å². The van der Waals surface area contributed by atoms with Crippen molar-refractivity contribution in [2.24, 2.45) is 0 Å². The lowest BCUT2D eigenvalue weighted by atomic mass is 9.93. The molecule has 3 nitrogen and oxygen atoms in total. The van der Waals surface area contributed by atoms with E-state index in [1.165, 1.54) is 80.8 Å². The molecule has 0 radical (unpaired) electrons. The molecule has 258 valence electrons. The second-order valence-electron chi connectivity index (χ2n) is 14.7. The van der Waals surface area contributed by atoms with Crippen molar-refractivity contribution in [3.8, 4) is 34.2 Å². The fourth-order valence-electron chi connectivity index (χ4n) is 9.01. The molecule has 56 heavy (non-hydrogen) atoms. The van der Waals surface area contributed by atoms with Gasteiger partial charge in [-0.15, -0.1) is 0 Å². The smallest absolute Gasteiger partial charge is 0.164 e. The van der Waals surface area contributed by atoms with Crippen LogP contribution in [0.15, 0.2) is 188 Å². The van der Waals surface area contributed by atoms with Crippen LogP contribution in [0.25, 0.3) is 120 Å². The molecule has 0 aliphatic carbocycles. The van der Waals surface area contributed by atoms with Crippen molar-refractivity contribution in [2.75, 3.05) is 0 Å². The van der Waals surface area contributed by atoms with Gasteiger partial charge in [0.25, 0.3) is 0 Å². The molecule has 1 aromatic heterocycles. The Morgan fingerprint density at radius 1 is 0.196 bits per heavy atom. The molecule has 0 spiro atoms. The summed E-state index contributed by atoms with van der Waals surface area (Å²) in [5.74, 6) is 1.93. The number of benzene rings is 11. The van der Waals surface area contributed by atoms with E-state index in [4.69, 9.17) is 15.0 Å². The molecular formula is C53H31N3. The molecule has 0 unspecified atom stereocenters. The summed E-state index contributed by atoms with van der Waals surface area (Å²) in [6.07, 6.45) is 0. The molecule has 0 fully saturated rings. The molecule has 0 bridgehead atoms. The summed E-state index contributed by atoms with van der Waals surface area (Å²) in [6.45, 7) is 0. The molecule has 3 heteroatoms. The highest BCUT2D eigenvalue weighted by molar-refractivity contribution is 6.27. The van der Waals surface area contributed by atoms with E-state index in [-0.39, 0.29) is 0 Å². The fourth-order valence-corrected chi connectivity index (χ4v) is 9.01. The summed E-state index contributed by atoms with van der Waals surface area (Å²) in [7, 11) is 0. The van der Waals surface area contributed by atoms with Crippen LogP contribution in [0.5, 0.6) is 0 Å². The monoisotopic (exact) mass is 709 g/mol. The van der Waals surface area contributed by atoms with Crippen molar-refractivity contribution < 1.29 is 0 Å². The lowest BCUT2D eigenvalue weighted by Crippen LogP contribution is -2.00. The van der Waals surface area contributed by atoms with Gasteiger partial charge in [-0.1, -0.05) is 170 Å². The molecule has 0 N–H and O–H groups in total. The molecule has 0 aliphatic rings. The minimum absolute atomic E-state index is 0.645. The quantitative estimate of drug-likeness (QED) is 0.171. The van der Waals surface area contributed by atoms with Crippen LogP contribution in [-0.4, -0.2) is 15.0 Å². The third-order valence-electron chi connectivity index (χ3n) is 11.6.